The Morgan fingerprint density at radius 3 is 2.58 bits per heavy atom. The van der Waals surface area contributed by atoms with Gasteiger partial charge in [-0.1, -0.05) is 26.8 Å². The monoisotopic (exact) mass is 169 g/mol. The second-order valence-electron chi connectivity index (χ2n) is 3.13. The maximum absolute atomic E-state index is 11.1. The summed E-state index contributed by atoms with van der Waals surface area (Å²) >= 11 is 0. The summed E-state index contributed by atoms with van der Waals surface area (Å²) in [5, 5.41) is 0. The summed E-state index contributed by atoms with van der Waals surface area (Å²) in [6, 6.07) is 0. The Balaban J connectivity index is 3.80. The molecular weight excluding hydrogens is 152 g/mol. The lowest BCUT2D eigenvalue weighted by Gasteiger charge is -2.06. The first-order valence-electron chi connectivity index (χ1n) is 4.27. The van der Waals surface area contributed by atoms with Crippen molar-refractivity contribution in [1.29, 1.82) is 0 Å². The van der Waals surface area contributed by atoms with E-state index in [0.717, 1.165) is 6.42 Å². The minimum Gasteiger partial charge on any atom is -0.462 e. The third-order valence-corrected chi connectivity index (χ3v) is 1.26. The lowest BCUT2D eigenvalue weighted by atomic mass is 10.2. The minimum absolute atomic E-state index is 0.300. The predicted octanol–water partition coefficient (Wildman–Crippen LogP) is 2.36. The molecule has 0 bridgehead atoms. The zero-order chi connectivity index (χ0) is 9.56. The summed E-state index contributed by atoms with van der Waals surface area (Å²) in [4.78, 5) is 11.1. The molecule has 0 rings (SSSR count). The van der Waals surface area contributed by atoms with Crippen LogP contribution in [0.3, 0.4) is 0 Å². The van der Waals surface area contributed by atoms with E-state index >= 15 is 0 Å². The van der Waals surface area contributed by atoms with E-state index in [1.54, 1.807) is 6.08 Å². The Morgan fingerprint density at radius 2 is 2.17 bits per heavy atom. The van der Waals surface area contributed by atoms with E-state index in [1.807, 2.05) is 20.8 Å². The maximum atomic E-state index is 11.1. The molecule has 0 aromatic heterocycles. The Labute approximate surface area is 74.6 Å². The van der Waals surface area contributed by atoms with E-state index in [9.17, 15) is 4.79 Å². The Hall–Kier alpha value is -0.790. The highest BCUT2D eigenvalue weighted by molar-refractivity contribution is 5.89. The van der Waals surface area contributed by atoms with Crippen LogP contribution in [0.25, 0.3) is 0 Å². The van der Waals surface area contributed by atoms with Crippen LogP contribution in [0.1, 0.15) is 27.2 Å². The lowest BCUT2D eigenvalue weighted by Crippen LogP contribution is -2.10. The van der Waals surface area contributed by atoms with Gasteiger partial charge in [-0.25, -0.2) is 4.79 Å². The Bertz CT molecular complexity index is 169. The summed E-state index contributed by atoms with van der Waals surface area (Å²) < 4.78 is 4.95. The molecule has 0 aromatic carbocycles. The van der Waals surface area contributed by atoms with Gasteiger partial charge in [0.25, 0.3) is 0 Å². The highest BCUT2D eigenvalue weighted by Crippen LogP contribution is 2.00. The van der Waals surface area contributed by atoms with Crippen LogP contribution in [0.15, 0.2) is 11.6 Å². The first kappa shape index (κ1) is 11.2. The van der Waals surface area contributed by atoms with Crippen molar-refractivity contribution in [2.45, 2.75) is 27.2 Å². The van der Waals surface area contributed by atoms with E-state index < -0.39 is 0 Å². The highest BCUT2D eigenvalue weighted by atomic mass is 16.5. The lowest BCUT2D eigenvalue weighted by molar-refractivity contribution is -0.139. The smallest absolute Gasteiger partial charge is 0.333 e. The van der Waals surface area contributed by atoms with Gasteiger partial charge in [0.15, 0.2) is 0 Å². The van der Waals surface area contributed by atoms with Gasteiger partial charge in [0.1, 0.15) is 0 Å². The third-order valence-electron chi connectivity index (χ3n) is 1.26. The van der Waals surface area contributed by atoms with Gasteiger partial charge in [0, 0.05) is 5.57 Å². The molecule has 0 amide bonds. The van der Waals surface area contributed by atoms with E-state index in [0.29, 0.717) is 18.1 Å². The van der Waals surface area contributed by atoms with Crippen molar-refractivity contribution >= 4 is 5.97 Å². The first-order chi connectivity index (χ1) is 5.57. The van der Waals surface area contributed by atoms with Crippen molar-refractivity contribution in [2.75, 3.05) is 6.61 Å². The number of carbonyl (C=O) groups is 1. The molecule has 0 atom stereocenters. The molecule has 0 aliphatic carbocycles. The molecule has 0 aliphatic rings. The van der Waals surface area contributed by atoms with Gasteiger partial charge in [-0.3, -0.25) is 0 Å². The number of esters is 1. The van der Waals surface area contributed by atoms with Crippen LogP contribution in [0.5, 0.6) is 0 Å². The molecule has 2 nitrogen and oxygen atoms in total. The average molecular weight is 169 g/mol. The van der Waals surface area contributed by atoms with E-state index in [4.69, 9.17) is 4.74 Å². The fourth-order valence-corrected chi connectivity index (χ4v) is 0.665. The van der Waals surface area contributed by atoms with Crippen molar-refractivity contribution in [3.8, 4) is 0 Å². The largest absolute Gasteiger partial charge is 0.462 e. The number of allylic oxidation sites excluding steroid dienone is 1. The van der Waals surface area contributed by atoms with Crippen molar-refractivity contribution in [3.05, 3.63) is 18.6 Å². The number of hydrogen-bond acceptors (Lipinski definition) is 2. The second kappa shape index (κ2) is 5.81. The normalized spacial score (nSPS) is 11.9. The van der Waals surface area contributed by atoms with Crippen LogP contribution in [0.2, 0.25) is 0 Å². The quantitative estimate of drug-likeness (QED) is 0.477. The third kappa shape index (κ3) is 4.94. The van der Waals surface area contributed by atoms with Crippen LogP contribution in [-0.4, -0.2) is 12.6 Å². The fraction of sp³-hybridized carbons (Fsp3) is 0.600. The highest BCUT2D eigenvalue weighted by Gasteiger charge is 2.05. The fourth-order valence-electron chi connectivity index (χ4n) is 0.665. The zero-order valence-corrected chi connectivity index (χ0v) is 8.09. The molecule has 0 fully saturated rings. The molecule has 0 saturated heterocycles. The summed E-state index contributed by atoms with van der Waals surface area (Å²) in [6.07, 6.45) is 2.58. The summed E-state index contributed by atoms with van der Waals surface area (Å²) in [5.74, 6) is 0.0777. The molecule has 0 N–H and O–H groups in total. The Kier molecular flexibility index (Phi) is 5.43. The molecule has 0 unspecified atom stereocenters. The van der Waals surface area contributed by atoms with Gasteiger partial charge in [0.2, 0.25) is 0 Å². The van der Waals surface area contributed by atoms with Crippen LogP contribution in [0.4, 0.5) is 0 Å². The van der Waals surface area contributed by atoms with Crippen molar-refractivity contribution < 1.29 is 9.53 Å². The number of hydrogen-bond donors (Lipinski definition) is 0. The molecule has 1 radical (unpaired) electrons. The number of carbonyl (C=O) groups excluding carboxylic acids is 1. The summed E-state index contributed by atoms with van der Waals surface area (Å²) in [5.41, 5.74) is 0.457. The van der Waals surface area contributed by atoms with Crippen molar-refractivity contribution in [3.63, 3.8) is 0 Å². The Morgan fingerprint density at radius 1 is 1.58 bits per heavy atom. The van der Waals surface area contributed by atoms with E-state index in [1.165, 1.54) is 0 Å². The van der Waals surface area contributed by atoms with Gasteiger partial charge in [-0.15, -0.1) is 0 Å². The van der Waals surface area contributed by atoms with Gasteiger partial charge < -0.3 is 4.74 Å². The summed E-state index contributed by atoms with van der Waals surface area (Å²) in [7, 11) is 0. The molecule has 0 heterocycles. The maximum Gasteiger partial charge on any atom is 0.333 e. The van der Waals surface area contributed by atoms with Crippen LogP contribution < -0.4 is 0 Å². The molecule has 0 saturated carbocycles. The molecule has 12 heavy (non-hydrogen) atoms. The van der Waals surface area contributed by atoms with Crippen LogP contribution in [-0.2, 0) is 9.53 Å². The second-order valence-corrected chi connectivity index (χ2v) is 3.13. The molecule has 69 valence electrons. The molecular formula is C10H17O2. The number of ether oxygens (including phenoxy) is 1. The van der Waals surface area contributed by atoms with Gasteiger partial charge >= 0.3 is 5.97 Å². The van der Waals surface area contributed by atoms with Crippen LogP contribution >= 0.6 is 0 Å². The SMILES string of the molecule is [CH2]/C(=C\CC)C(=O)OCC(C)C. The van der Waals surface area contributed by atoms with Crippen molar-refractivity contribution in [1.82, 2.24) is 0 Å². The van der Waals surface area contributed by atoms with Crippen LogP contribution in [0, 0.1) is 12.8 Å². The van der Waals surface area contributed by atoms with Gasteiger partial charge in [-0.2, -0.15) is 0 Å². The molecule has 2 heteroatoms. The van der Waals surface area contributed by atoms with Gasteiger partial charge in [0.05, 0.1) is 6.61 Å². The standard InChI is InChI=1S/C10H17O2/c1-5-6-9(4)10(11)12-7-8(2)3/h6,8H,4-5,7H2,1-3H3/b9-6+. The molecule has 0 aliphatic heterocycles. The predicted molar refractivity (Wildman–Crippen MR) is 49.5 cm³/mol. The minimum atomic E-state index is -0.300. The summed E-state index contributed by atoms with van der Waals surface area (Å²) in [6.45, 7) is 10.0. The molecule has 0 spiro atoms. The van der Waals surface area contributed by atoms with Crippen molar-refractivity contribution in [2.24, 2.45) is 5.92 Å². The van der Waals surface area contributed by atoms with Gasteiger partial charge in [-0.05, 0) is 19.3 Å². The number of rotatable bonds is 4. The van der Waals surface area contributed by atoms with E-state index in [2.05, 4.69) is 6.92 Å². The topological polar surface area (TPSA) is 26.3 Å². The average Bonchev–Trinajstić information content (AvgIpc) is 2.00. The first-order valence-corrected chi connectivity index (χ1v) is 4.27. The zero-order valence-electron chi connectivity index (χ0n) is 8.09. The van der Waals surface area contributed by atoms with E-state index in [-0.39, 0.29) is 5.97 Å². The molecule has 0 aromatic rings.